The van der Waals surface area contributed by atoms with Crippen LogP contribution >= 0.6 is 22.4 Å². The van der Waals surface area contributed by atoms with Crippen LogP contribution in [0, 0.1) is 11.8 Å². The van der Waals surface area contributed by atoms with Gasteiger partial charge in [0.05, 0.1) is 11.4 Å². The van der Waals surface area contributed by atoms with Crippen LogP contribution in [0.15, 0.2) is 24.3 Å². The minimum absolute atomic E-state index is 0.0284. The van der Waals surface area contributed by atoms with Crippen LogP contribution in [0.4, 0.5) is 4.79 Å². The number of carboxylic acid groups (broad SMARTS) is 1. The van der Waals surface area contributed by atoms with E-state index in [-0.39, 0.29) is 41.3 Å². The summed E-state index contributed by atoms with van der Waals surface area (Å²) in [6.07, 6.45) is 7.56. The molecule has 44 heavy (non-hydrogen) atoms. The smallest absolute Gasteiger partial charge is 0.405 e. The van der Waals surface area contributed by atoms with E-state index in [1.165, 1.54) is 0 Å². The van der Waals surface area contributed by atoms with E-state index in [0.29, 0.717) is 36.4 Å². The molecule has 3 heterocycles. The molecule has 2 amide bonds. The highest BCUT2D eigenvalue weighted by Crippen LogP contribution is 2.49. The van der Waals surface area contributed by atoms with Crippen LogP contribution in [0.5, 0.6) is 0 Å². The third-order valence-corrected chi connectivity index (χ3v) is 12.6. The molecule has 6 N–H and O–H groups in total. The van der Waals surface area contributed by atoms with Crippen LogP contribution in [-0.4, -0.2) is 85.7 Å². The molecule has 12 heteroatoms. The number of halogens is 1. The van der Waals surface area contributed by atoms with E-state index in [2.05, 4.69) is 16.0 Å². The Morgan fingerprint density at radius 1 is 1.11 bits per heavy atom. The SMILES string of the molecule is CC1(C)C[C@H]([C@H](c2ccc(Cl)cc2)[C@H](NC(=O)O)C(=O)N[C@H]2CCCC[C@@H]2CC[C@H]2CN[C@@H]3CCCS(O)(O)N2C3)CCO1. The molecule has 1 aliphatic carbocycles. The number of hydrogen-bond donors (Lipinski definition) is 6. The fourth-order valence-electron chi connectivity index (χ4n) is 8.15. The Bertz CT molecular complexity index is 1140. The Hall–Kier alpha value is -1.60. The number of nitrogens with one attached hydrogen (secondary N) is 3. The maximum absolute atomic E-state index is 14.2. The highest BCUT2D eigenvalue weighted by atomic mass is 35.5. The van der Waals surface area contributed by atoms with Gasteiger partial charge >= 0.3 is 6.09 Å². The molecule has 3 saturated heterocycles. The average Bonchev–Trinajstić information content (AvgIpc) is 3.08. The van der Waals surface area contributed by atoms with E-state index in [1.54, 1.807) is 12.1 Å². The van der Waals surface area contributed by atoms with Crippen molar-refractivity contribution < 1.29 is 28.5 Å². The van der Waals surface area contributed by atoms with Crippen LogP contribution in [0.3, 0.4) is 0 Å². The molecule has 4 fully saturated rings. The zero-order valence-corrected chi connectivity index (χ0v) is 27.6. The quantitative estimate of drug-likeness (QED) is 0.196. The van der Waals surface area contributed by atoms with Crippen molar-refractivity contribution >= 4 is 34.4 Å². The van der Waals surface area contributed by atoms with E-state index in [0.717, 1.165) is 69.9 Å². The van der Waals surface area contributed by atoms with Gasteiger partial charge in [-0.15, -0.1) is 10.8 Å². The fraction of sp³-hybridized carbons (Fsp3) is 0.750. The van der Waals surface area contributed by atoms with Crippen LogP contribution in [-0.2, 0) is 9.53 Å². The molecule has 248 valence electrons. The number of nitrogens with zero attached hydrogens (tertiary/aromatic N) is 1. The largest absolute Gasteiger partial charge is 0.465 e. The lowest BCUT2D eigenvalue weighted by Crippen LogP contribution is -2.57. The Morgan fingerprint density at radius 3 is 2.59 bits per heavy atom. The normalized spacial score (nSPS) is 33.7. The maximum Gasteiger partial charge on any atom is 0.405 e. The minimum atomic E-state index is -2.76. The Morgan fingerprint density at radius 2 is 1.86 bits per heavy atom. The summed E-state index contributed by atoms with van der Waals surface area (Å²) < 4.78 is 29.7. The fourth-order valence-corrected chi connectivity index (χ4v) is 10.1. The van der Waals surface area contributed by atoms with Gasteiger partial charge in [0, 0.05) is 48.8 Å². The first kappa shape index (κ1) is 33.8. The van der Waals surface area contributed by atoms with Gasteiger partial charge < -0.3 is 25.8 Å². The second kappa shape index (κ2) is 14.4. The molecule has 4 aliphatic rings. The van der Waals surface area contributed by atoms with E-state index in [1.807, 2.05) is 30.3 Å². The first-order valence-electron chi connectivity index (χ1n) is 16.4. The molecule has 5 rings (SSSR count). The van der Waals surface area contributed by atoms with Crippen LogP contribution in [0.2, 0.25) is 5.02 Å². The van der Waals surface area contributed by atoms with Crippen LogP contribution in [0.25, 0.3) is 0 Å². The van der Waals surface area contributed by atoms with Crippen molar-refractivity contribution in [3.8, 4) is 0 Å². The second-order valence-electron chi connectivity index (χ2n) is 13.9. The highest BCUT2D eigenvalue weighted by Gasteiger charge is 2.43. The van der Waals surface area contributed by atoms with E-state index >= 15 is 0 Å². The van der Waals surface area contributed by atoms with Gasteiger partial charge in [0.2, 0.25) is 5.91 Å². The maximum atomic E-state index is 14.2. The topological polar surface area (TPSA) is 143 Å². The summed E-state index contributed by atoms with van der Waals surface area (Å²) in [4.78, 5) is 26.3. The van der Waals surface area contributed by atoms with Crippen LogP contribution < -0.4 is 16.0 Å². The van der Waals surface area contributed by atoms with Gasteiger partial charge in [-0.05, 0) is 94.7 Å². The summed E-state index contributed by atoms with van der Waals surface area (Å²) in [5.41, 5.74) is 0.501. The van der Waals surface area contributed by atoms with Crippen molar-refractivity contribution in [1.82, 2.24) is 20.3 Å². The molecule has 0 radical (unpaired) electrons. The lowest BCUT2D eigenvalue weighted by atomic mass is 9.72. The molecule has 1 aromatic rings. The Labute approximate surface area is 268 Å². The lowest BCUT2D eigenvalue weighted by Gasteiger charge is -2.49. The number of amides is 2. The van der Waals surface area contributed by atoms with Crippen molar-refractivity contribution in [2.45, 2.75) is 114 Å². The third-order valence-electron chi connectivity index (χ3n) is 10.3. The number of carbonyl (C=O) groups excluding carboxylic acids is 1. The number of carbonyl (C=O) groups is 2. The number of benzene rings is 1. The van der Waals surface area contributed by atoms with Crippen LogP contribution in [0.1, 0.15) is 89.5 Å². The molecule has 3 aliphatic heterocycles. The Kier molecular flexibility index (Phi) is 11.1. The number of hydrogen-bond acceptors (Lipinski definition) is 7. The molecular formula is C32H51ClN4O6S. The summed E-state index contributed by atoms with van der Waals surface area (Å²) >= 11 is 6.21. The third kappa shape index (κ3) is 8.40. The second-order valence-corrected chi connectivity index (χ2v) is 16.5. The molecule has 8 atom stereocenters. The monoisotopic (exact) mass is 654 g/mol. The van der Waals surface area contributed by atoms with Gasteiger partial charge in [0.1, 0.15) is 6.04 Å². The number of ether oxygens (including phenoxy) is 1. The zero-order chi connectivity index (χ0) is 31.5. The minimum Gasteiger partial charge on any atom is -0.465 e. The van der Waals surface area contributed by atoms with Gasteiger partial charge in [0.15, 0.2) is 0 Å². The first-order valence-corrected chi connectivity index (χ1v) is 18.4. The van der Waals surface area contributed by atoms with Crippen molar-refractivity contribution in [2.75, 3.05) is 25.4 Å². The summed E-state index contributed by atoms with van der Waals surface area (Å²) in [7, 11) is -2.76. The number of fused-ring (bicyclic) bond motifs is 2. The summed E-state index contributed by atoms with van der Waals surface area (Å²) in [5.74, 6) is 0.0164. The van der Waals surface area contributed by atoms with Gasteiger partial charge in [-0.25, -0.2) is 9.10 Å². The highest BCUT2D eigenvalue weighted by molar-refractivity contribution is 8.22. The number of piperazine rings is 1. The van der Waals surface area contributed by atoms with Gasteiger partial charge in [-0.3, -0.25) is 13.9 Å². The molecule has 2 bridgehead atoms. The Balaban J connectivity index is 1.32. The van der Waals surface area contributed by atoms with E-state index < -0.39 is 22.9 Å². The van der Waals surface area contributed by atoms with Gasteiger partial charge in [0.25, 0.3) is 0 Å². The lowest BCUT2D eigenvalue weighted by molar-refractivity contribution is -0.126. The molecule has 1 saturated carbocycles. The number of rotatable bonds is 9. The van der Waals surface area contributed by atoms with Gasteiger partial charge in [-0.2, -0.15) is 0 Å². The average molecular weight is 655 g/mol. The first-order chi connectivity index (χ1) is 20.9. The van der Waals surface area contributed by atoms with Crippen molar-refractivity contribution in [3.63, 3.8) is 0 Å². The van der Waals surface area contributed by atoms with Crippen molar-refractivity contribution in [2.24, 2.45) is 11.8 Å². The van der Waals surface area contributed by atoms with Crippen molar-refractivity contribution in [1.29, 1.82) is 0 Å². The molecule has 1 aromatic carbocycles. The summed E-state index contributed by atoms with van der Waals surface area (Å²) in [5, 5.41) is 20.0. The molecule has 0 aromatic heterocycles. The molecule has 10 nitrogen and oxygen atoms in total. The predicted molar refractivity (Wildman–Crippen MR) is 174 cm³/mol. The summed E-state index contributed by atoms with van der Waals surface area (Å²) in [6, 6.07) is 6.69. The zero-order valence-electron chi connectivity index (χ0n) is 26.1. The predicted octanol–water partition coefficient (Wildman–Crippen LogP) is 5.82. The van der Waals surface area contributed by atoms with Crippen molar-refractivity contribution in [3.05, 3.63) is 34.9 Å². The van der Waals surface area contributed by atoms with E-state index in [9.17, 15) is 23.8 Å². The van der Waals surface area contributed by atoms with Gasteiger partial charge in [-0.1, -0.05) is 36.6 Å². The molecule has 0 spiro atoms. The standard InChI is InChI=1S/C32H51ClN4O6S/c1-32(2)18-23(15-16-43-32)28(22-9-12-24(33)13-10-22)29(36-31(39)40)30(38)35-27-8-4-3-6-21(27)11-14-26-19-34-25-7-5-17-44(41,42)37(26)20-25/h9-10,12-13,21,23,25-29,34,36,41-42H,3-8,11,14-20H2,1-2H3,(H,35,38)(H,39,40)/t21-,23-,25-,26+,27+,28+,29+/m1/s1. The molecule has 1 unspecified atom stereocenters. The van der Waals surface area contributed by atoms with E-state index in [4.69, 9.17) is 16.3 Å². The summed E-state index contributed by atoms with van der Waals surface area (Å²) in [6.45, 7) is 6.02. The molecular weight excluding hydrogens is 604 g/mol.